The summed E-state index contributed by atoms with van der Waals surface area (Å²) in [6, 6.07) is 11.4. The minimum absolute atomic E-state index is 0.139. The number of pyridine rings is 1. The molecule has 1 unspecified atom stereocenters. The molecule has 1 amide bonds. The first-order chi connectivity index (χ1) is 12.6. The van der Waals surface area contributed by atoms with E-state index in [-0.39, 0.29) is 11.7 Å². The number of methoxy groups -OCH3 is 1. The minimum atomic E-state index is -0.139. The Kier molecular flexibility index (Phi) is 5.79. The molecular formula is C20H21N3O2S. The maximum atomic E-state index is 12.2. The highest BCUT2D eigenvalue weighted by Gasteiger charge is 2.19. The number of anilines is 1. The Labute approximate surface area is 157 Å². The van der Waals surface area contributed by atoms with Crippen LogP contribution in [0.25, 0.3) is 0 Å². The standard InChI is InChI=1S/C20H21N3O2S/c1-13-6-7-18-14(8-13)9-15(11-21)20(23-18)26-12-19(24)22-16-4-3-5-17(10-16)25-2/h3-5,9-10,13H,6-8,12H2,1-2H3,(H,22,24). The second-order valence-electron chi connectivity index (χ2n) is 6.48. The van der Waals surface area contributed by atoms with Gasteiger partial charge in [0.1, 0.15) is 16.8 Å². The van der Waals surface area contributed by atoms with Crippen molar-refractivity contribution in [2.75, 3.05) is 18.2 Å². The molecule has 1 heterocycles. The Hall–Kier alpha value is -2.52. The number of nitrogens with zero attached hydrogens (tertiary/aromatic N) is 2. The monoisotopic (exact) mass is 367 g/mol. The molecule has 6 heteroatoms. The predicted molar refractivity (Wildman–Crippen MR) is 102 cm³/mol. The number of benzene rings is 1. The van der Waals surface area contributed by atoms with Crippen LogP contribution in [0.15, 0.2) is 35.4 Å². The molecule has 1 aliphatic carbocycles. The van der Waals surface area contributed by atoms with Crippen LogP contribution >= 0.6 is 11.8 Å². The summed E-state index contributed by atoms with van der Waals surface area (Å²) in [7, 11) is 1.59. The van der Waals surface area contributed by atoms with Gasteiger partial charge in [-0.25, -0.2) is 4.98 Å². The highest BCUT2D eigenvalue weighted by atomic mass is 32.2. The summed E-state index contributed by atoms with van der Waals surface area (Å²) in [5.74, 6) is 1.38. The van der Waals surface area contributed by atoms with Crippen molar-refractivity contribution in [2.45, 2.75) is 31.2 Å². The zero-order valence-corrected chi connectivity index (χ0v) is 15.7. The fraction of sp³-hybridized carbons (Fsp3) is 0.350. The summed E-state index contributed by atoms with van der Waals surface area (Å²) in [4.78, 5) is 16.9. The van der Waals surface area contributed by atoms with Crippen LogP contribution in [-0.4, -0.2) is 23.8 Å². The number of carbonyl (C=O) groups is 1. The lowest BCUT2D eigenvalue weighted by molar-refractivity contribution is -0.113. The zero-order chi connectivity index (χ0) is 18.5. The first kappa shape index (κ1) is 18.3. The van der Waals surface area contributed by atoms with Gasteiger partial charge in [-0.3, -0.25) is 4.79 Å². The van der Waals surface area contributed by atoms with Crippen LogP contribution < -0.4 is 10.1 Å². The lowest BCUT2D eigenvalue weighted by atomic mass is 9.87. The van der Waals surface area contributed by atoms with E-state index in [1.807, 2.05) is 24.3 Å². The summed E-state index contributed by atoms with van der Waals surface area (Å²) in [5.41, 5.74) is 3.48. The highest BCUT2D eigenvalue weighted by molar-refractivity contribution is 8.00. The van der Waals surface area contributed by atoms with Crippen LogP contribution in [0.5, 0.6) is 5.75 Å². The summed E-state index contributed by atoms with van der Waals surface area (Å²) in [6.45, 7) is 2.22. The van der Waals surface area contributed by atoms with Gasteiger partial charge < -0.3 is 10.1 Å². The molecule has 1 aromatic heterocycles. The topological polar surface area (TPSA) is 75.0 Å². The van der Waals surface area contributed by atoms with Crippen LogP contribution in [0.3, 0.4) is 0 Å². The quantitative estimate of drug-likeness (QED) is 0.813. The van der Waals surface area contributed by atoms with E-state index in [2.05, 4.69) is 23.3 Å². The third-order valence-electron chi connectivity index (χ3n) is 4.41. The van der Waals surface area contributed by atoms with Gasteiger partial charge in [-0.15, -0.1) is 0 Å². The van der Waals surface area contributed by atoms with Crippen molar-refractivity contribution in [1.29, 1.82) is 5.26 Å². The van der Waals surface area contributed by atoms with E-state index < -0.39 is 0 Å². The van der Waals surface area contributed by atoms with Crippen molar-refractivity contribution in [2.24, 2.45) is 5.92 Å². The van der Waals surface area contributed by atoms with Crippen molar-refractivity contribution < 1.29 is 9.53 Å². The number of aryl methyl sites for hydroxylation is 1. The van der Waals surface area contributed by atoms with E-state index in [1.165, 1.54) is 17.3 Å². The zero-order valence-electron chi connectivity index (χ0n) is 14.9. The number of hydrogen-bond acceptors (Lipinski definition) is 5. The Morgan fingerprint density at radius 1 is 1.46 bits per heavy atom. The Balaban J connectivity index is 1.67. The van der Waals surface area contributed by atoms with Crippen molar-refractivity contribution >= 4 is 23.4 Å². The third-order valence-corrected chi connectivity index (χ3v) is 5.40. The molecule has 0 radical (unpaired) electrons. The van der Waals surface area contributed by atoms with Gasteiger partial charge in [0.25, 0.3) is 0 Å². The van der Waals surface area contributed by atoms with Crippen LogP contribution in [-0.2, 0) is 17.6 Å². The molecule has 1 aliphatic rings. The number of amides is 1. The average molecular weight is 367 g/mol. The van der Waals surface area contributed by atoms with Crippen LogP contribution in [0.1, 0.15) is 30.2 Å². The molecule has 0 aliphatic heterocycles. The summed E-state index contributed by atoms with van der Waals surface area (Å²) in [6.07, 6.45) is 3.02. The molecule has 2 aromatic rings. The fourth-order valence-electron chi connectivity index (χ4n) is 3.05. The first-order valence-corrected chi connectivity index (χ1v) is 9.57. The molecule has 0 saturated heterocycles. The van der Waals surface area contributed by atoms with E-state index in [9.17, 15) is 10.1 Å². The molecule has 1 atom stereocenters. The van der Waals surface area contributed by atoms with Crippen LogP contribution in [0.4, 0.5) is 5.69 Å². The van der Waals surface area contributed by atoms with Gasteiger partial charge in [0.2, 0.25) is 5.91 Å². The van der Waals surface area contributed by atoms with Gasteiger partial charge in [-0.05, 0) is 48.9 Å². The van der Waals surface area contributed by atoms with Gasteiger partial charge in [-0.2, -0.15) is 5.26 Å². The van der Waals surface area contributed by atoms with E-state index in [4.69, 9.17) is 4.74 Å². The lowest BCUT2D eigenvalue weighted by Crippen LogP contribution is -2.16. The Morgan fingerprint density at radius 2 is 2.31 bits per heavy atom. The number of nitriles is 1. The molecule has 26 heavy (non-hydrogen) atoms. The molecule has 3 rings (SSSR count). The van der Waals surface area contributed by atoms with Crippen molar-refractivity contribution in [1.82, 2.24) is 4.98 Å². The number of fused-ring (bicyclic) bond motifs is 1. The van der Waals surface area contributed by atoms with E-state index in [1.54, 1.807) is 13.2 Å². The molecule has 0 fully saturated rings. The van der Waals surface area contributed by atoms with Crippen molar-refractivity contribution in [3.63, 3.8) is 0 Å². The van der Waals surface area contributed by atoms with Gasteiger partial charge in [0.05, 0.1) is 18.4 Å². The molecule has 1 N–H and O–H groups in total. The predicted octanol–water partition coefficient (Wildman–Crippen LogP) is 3.82. The SMILES string of the molecule is COc1cccc(NC(=O)CSc2nc3c(cc2C#N)CC(C)CC3)c1. The third kappa shape index (κ3) is 4.36. The minimum Gasteiger partial charge on any atom is -0.497 e. The van der Waals surface area contributed by atoms with Gasteiger partial charge in [0, 0.05) is 17.4 Å². The number of thioether (sulfide) groups is 1. The largest absolute Gasteiger partial charge is 0.497 e. The number of rotatable bonds is 5. The van der Waals surface area contributed by atoms with Gasteiger partial charge >= 0.3 is 0 Å². The number of aromatic nitrogens is 1. The fourth-order valence-corrected chi connectivity index (χ4v) is 3.82. The second kappa shape index (κ2) is 8.24. The molecule has 1 aromatic carbocycles. The van der Waals surface area contributed by atoms with Gasteiger partial charge in [0.15, 0.2) is 0 Å². The van der Waals surface area contributed by atoms with Crippen molar-refractivity contribution in [3.05, 3.63) is 47.2 Å². The van der Waals surface area contributed by atoms with Crippen LogP contribution in [0.2, 0.25) is 0 Å². The average Bonchev–Trinajstić information content (AvgIpc) is 2.65. The highest BCUT2D eigenvalue weighted by Crippen LogP contribution is 2.29. The molecular weight excluding hydrogens is 346 g/mol. The second-order valence-corrected chi connectivity index (χ2v) is 7.44. The Morgan fingerprint density at radius 3 is 3.08 bits per heavy atom. The maximum absolute atomic E-state index is 12.2. The maximum Gasteiger partial charge on any atom is 0.234 e. The van der Waals surface area contributed by atoms with E-state index >= 15 is 0 Å². The summed E-state index contributed by atoms with van der Waals surface area (Å²) >= 11 is 1.31. The molecule has 5 nitrogen and oxygen atoms in total. The Bertz CT molecular complexity index is 861. The first-order valence-electron chi connectivity index (χ1n) is 8.58. The summed E-state index contributed by atoms with van der Waals surface area (Å²) in [5, 5.41) is 12.9. The molecule has 134 valence electrons. The summed E-state index contributed by atoms with van der Waals surface area (Å²) < 4.78 is 5.15. The van der Waals surface area contributed by atoms with E-state index in [0.717, 1.165) is 25.0 Å². The van der Waals surface area contributed by atoms with E-state index in [0.29, 0.717) is 27.9 Å². The van der Waals surface area contributed by atoms with Crippen molar-refractivity contribution in [3.8, 4) is 11.8 Å². The number of ether oxygens (including phenoxy) is 1. The number of nitrogens with one attached hydrogen (secondary N) is 1. The van der Waals surface area contributed by atoms with Gasteiger partial charge in [-0.1, -0.05) is 24.8 Å². The lowest BCUT2D eigenvalue weighted by Gasteiger charge is -2.21. The smallest absolute Gasteiger partial charge is 0.234 e. The number of carbonyl (C=O) groups excluding carboxylic acids is 1. The number of hydrogen-bond donors (Lipinski definition) is 1. The normalized spacial score (nSPS) is 15.7. The molecule has 0 spiro atoms. The molecule has 0 bridgehead atoms. The van der Waals surface area contributed by atoms with Crippen LogP contribution in [0, 0.1) is 17.2 Å². The molecule has 0 saturated carbocycles.